The van der Waals surface area contributed by atoms with Crippen LogP contribution in [0, 0.1) is 5.21 Å². The quantitative estimate of drug-likeness (QED) is 0.433. The predicted octanol–water partition coefficient (Wildman–Crippen LogP) is 2.56. The molecule has 0 radical (unpaired) electrons. The standard InChI is InChI=1S/C12H10ClNO/c13-12-8-4-7-11(14(12)15)9-10-5-2-1-3-6-10/h1-8H,9H2. The molecule has 76 valence electrons. The summed E-state index contributed by atoms with van der Waals surface area (Å²) in [5, 5.41) is 11.8. The van der Waals surface area contributed by atoms with Crippen LogP contribution in [-0.4, -0.2) is 0 Å². The molecule has 0 bridgehead atoms. The highest BCUT2D eigenvalue weighted by molar-refractivity contribution is 6.28. The van der Waals surface area contributed by atoms with Gasteiger partial charge in [0.25, 0.3) is 5.15 Å². The maximum atomic E-state index is 11.6. The fourth-order valence-electron chi connectivity index (χ4n) is 1.45. The van der Waals surface area contributed by atoms with Gasteiger partial charge in [-0.25, -0.2) is 0 Å². The molecule has 0 amide bonds. The molecule has 0 atom stereocenters. The monoisotopic (exact) mass is 219 g/mol. The highest BCUT2D eigenvalue weighted by atomic mass is 35.5. The zero-order valence-electron chi connectivity index (χ0n) is 8.06. The van der Waals surface area contributed by atoms with Crippen molar-refractivity contribution in [2.24, 2.45) is 0 Å². The molecule has 0 aliphatic carbocycles. The molecule has 1 aromatic carbocycles. The second-order valence-corrected chi connectivity index (χ2v) is 3.68. The number of halogens is 1. The lowest BCUT2D eigenvalue weighted by Crippen LogP contribution is -2.33. The summed E-state index contributed by atoms with van der Waals surface area (Å²) in [7, 11) is 0. The number of benzene rings is 1. The van der Waals surface area contributed by atoms with E-state index in [0.717, 1.165) is 10.3 Å². The molecule has 2 nitrogen and oxygen atoms in total. The Morgan fingerprint density at radius 3 is 2.47 bits per heavy atom. The lowest BCUT2D eigenvalue weighted by Gasteiger charge is -2.05. The molecule has 2 rings (SSSR count). The van der Waals surface area contributed by atoms with Crippen LogP contribution in [0.25, 0.3) is 0 Å². The van der Waals surface area contributed by atoms with Gasteiger partial charge in [0.15, 0.2) is 5.69 Å². The van der Waals surface area contributed by atoms with Crippen LogP contribution in [0.5, 0.6) is 0 Å². The highest BCUT2D eigenvalue weighted by Crippen LogP contribution is 2.08. The van der Waals surface area contributed by atoms with Gasteiger partial charge in [-0.3, -0.25) is 0 Å². The first-order chi connectivity index (χ1) is 7.27. The predicted molar refractivity (Wildman–Crippen MR) is 59.7 cm³/mol. The van der Waals surface area contributed by atoms with Crippen molar-refractivity contribution in [3.8, 4) is 0 Å². The van der Waals surface area contributed by atoms with Crippen LogP contribution in [0.2, 0.25) is 5.15 Å². The molecule has 1 heterocycles. The smallest absolute Gasteiger partial charge is 0.286 e. The summed E-state index contributed by atoms with van der Waals surface area (Å²) in [5.41, 5.74) is 1.76. The molecule has 3 heteroatoms. The second-order valence-electron chi connectivity index (χ2n) is 3.30. The molecular formula is C12H10ClNO. The van der Waals surface area contributed by atoms with E-state index in [4.69, 9.17) is 11.6 Å². The Bertz CT molecular complexity index is 456. The Balaban J connectivity index is 2.29. The van der Waals surface area contributed by atoms with Gasteiger partial charge in [0.05, 0.1) is 6.42 Å². The van der Waals surface area contributed by atoms with Gasteiger partial charge >= 0.3 is 0 Å². The number of nitrogens with zero attached hydrogens (tertiary/aromatic N) is 1. The first kappa shape index (κ1) is 9.99. The maximum absolute atomic E-state index is 11.6. The average molecular weight is 220 g/mol. The van der Waals surface area contributed by atoms with E-state index in [1.54, 1.807) is 18.2 Å². The maximum Gasteiger partial charge on any atom is 0.286 e. The summed E-state index contributed by atoms with van der Waals surface area (Å²) in [6.07, 6.45) is 0.602. The van der Waals surface area contributed by atoms with E-state index in [1.807, 2.05) is 30.3 Å². The van der Waals surface area contributed by atoms with E-state index in [2.05, 4.69) is 0 Å². The number of hydrogen-bond acceptors (Lipinski definition) is 1. The van der Waals surface area contributed by atoms with Gasteiger partial charge < -0.3 is 5.21 Å². The van der Waals surface area contributed by atoms with Crippen molar-refractivity contribution in [2.75, 3.05) is 0 Å². The zero-order chi connectivity index (χ0) is 10.7. The third-order valence-electron chi connectivity index (χ3n) is 2.21. The zero-order valence-corrected chi connectivity index (χ0v) is 8.82. The number of pyridine rings is 1. The van der Waals surface area contributed by atoms with Gasteiger partial charge in [-0.1, -0.05) is 30.3 Å². The van der Waals surface area contributed by atoms with Crippen molar-refractivity contribution < 1.29 is 4.73 Å². The van der Waals surface area contributed by atoms with E-state index in [9.17, 15) is 5.21 Å². The summed E-state index contributed by atoms with van der Waals surface area (Å²) < 4.78 is 0.758. The van der Waals surface area contributed by atoms with Crippen molar-refractivity contribution in [3.05, 3.63) is 70.1 Å². The van der Waals surface area contributed by atoms with Crippen molar-refractivity contribution in [1.29, 1.82) is 0 Å². The fourth-order valence-corrected chi connectivity index (χ4v) is 1.63. The molecule has 0 spiro atoms. The minimum absolute atomic E-state index is 0.212. The number of hydrogen-bond donors (Lipinski definition) is 0. The summed E-state index contributed by atoms with van der Waals surface area (Å²) in [5.74, 6) is 0. The lowest BCUT2D eigenvalue weighted by molar-refractivity contribution is -0.611. The molecule has 1 aromatic heterocycles. The van der Waals surface area contributed by atoms with Gasteiger partial charge in [-0.2, -0.15) is 4.73 Å². The minimum Gasteiger partial charge on any atom is -0.617 e. The van der Waals surface area contributed by atoms with E-state index in [1.165, 1.54) is 0 Å². The Morgan fingerprint density at radius 2 is 1.73 bits per heavy atom. The third kappa shape index (κ3) is 2.28. The average Bonchev–Trinajstić information content (AvgIpc) is 2.26. The van der Waals surface area contributed by atoms with Crippen molar-refractivity contribution in [1.82, 2.24) is 0 Å². The Labute approximate surface area is 93.3 Å². The van der Waals surface area contributed by atoms with Crippen molar-refractivity contribution in [2.45, 2.75) is 6.42 Å². The first-order valence-electron chi connectivity index (χ1n) is 4.68. The summed E-state index contributed by atoms with van der Waals surface area (Å²) >= 11 is 5.73. The van der Waals surface area contributed by atoms with Gasteiger partial charge in [0, 0.05) is 12.1 Å². The van der Waals surface area contributed by atoms with E-state index in [-0.39, 0.29) is 5.15 Å². The van der Waals surface area contributed by atoms with Crippen LogP contribution in [-0.2, 0) is 6.42 Å². The van der Waals surface area contributed by atoms with Crippen molar-refractivity contribution in [3.63, 3.8) is 0 Å². The topological polar surface area (TPSA) is 26.9 Å². The van der Waals surface area contributed by atoms with E-state index in [0.29, 0.717) is 12.1 Å². The molecule has 0 saturated carbocycles. The normalized spacial score (nSPS) is 10.2. The summed E-state index contributed by atoms with van der Waals surface area (Å²) in [6, 6.07) is 15.0. The van der Waals surface area contributed by atoms with Gasteiger partial charge in [0.1, 0.15) is 0 Å². The van der Waals surface area contributed by atoms with E-state index < -0.39 is 0 Å². The molecule has 0 unspecified atom stereocenters. The Kier molecular flexibility index (Phi) is 2.88. The number of aromatic nitrogens is 1. The van der Waals surface area contributed by atoms with Crippen LogP contribution in [0.4, 0.5) is 0 Å². The van der Waals surface area contributed by atoms with Gasteiger partial charge in [-0.05, 0) is 23.2 Å². The highest BCUT2D eigenvalue weighted by Gasteiger charge is 2.08. The molecule has 0 aliphatic rings. The summed E-state index contributed by atoms with van der Waals surface area (Å²) in [4.78, 5) is 0. The van der Waals surface area contributed by atoms with Crippen LogP contribution in [0.15, 0.2) is 48.5 Å². The van der Waals surface area contributed by atoms with Gasteiger partial charge in [0.2, 0.25) is 0 Å². The third-order valence-corrected chi connectivity index (χ3v) is 2.48. The Hall–Kier alpha value is -1.54. The molecule has 0 fully saturated rings. The van der Waals surface area contributed by atoms with Crippen LogP contribution >= 0.6 is 11.6 Å². The Morgan fingerprint density at radius 1 is 1.00 bits per heavy atom. The van der Waals surface area contributed by atoms with Crippen LogP contribution < -0.4 is 4.73 Å². The molecule has 2 aromatic rings. The van der Waals surface area contributed by atoms with Crippen LogP contribution in [0.3, 0.4) is 0 Å². The molecular weight excluding hydrogens is 210 g/mol. The summed E-state index contributed by atoms with van der Waals surface area (Å²) in [6.45, 7) is 0. The van der Waals surface area contributed by atoms with E-state index >= 15 is 0 Å². The van der Waals surface area contributed by atoms with Crippen molar-refractivity contribution >= 4 is 11.6 Å². The second kappa shape index (κ2) is 4.32. The lowest BCUT2D eigenvalue weighted by atomic mass is 10.1. The fraction of sp³-hybridized carbons (Fsp3) is 0.0833. The molecule has 0 aliphatic heterocycles. The molecule has 0 saturated heterocycles. The van der Waals surface area contributed by atoms with Gasteiger partial charge in [-0.15, -0.1) is 0 Å². The first-order valence-corrected chi connectivity index (χ1v) is 5.06. The SMILES string of the molecule is [O-][n+]1c(Cl)cccc1Cc1ccccc1. The minimum atomic E-state index is 0.212. The molecule has 15 heavy (non-hydrogen) atoms. The largest absolute Gasteiger partial charge is 0.617 e. The van der Waals surface area contributed by atoms with Crippen LogP contribution in [0.1, 0.15) is 11.3 Å². The molecule has 0 N–H and O–H groups in total. The number of rotatable bonds is 2.